The van der Waals surface area contributed by atoms with Gasteiger partial charge in [0.2, 0.25) is 0 Å². The van der Waals surface area contributed by atoms with Crippen molar-refractivity contribution in [3.8, 4) is 6.07 Å². The zero-order valence-corrected chi connectivity index (χ0v) is 10.3. The number of aliphatic hydroxyl groups is 1. The van der Waals surface area contributed by atoms with E-state index in [1.807, 2.05) is 13.0 Å². The van der Waals surface area contributed by atoms with Gasteiger partial charge < -0.3 is 15.7 Å². The van der Waals surface area contributed by atoms with E-state index in [-0.39, 0.29) is 18.7 Å². The molecule has 96 valence electrons. The number of hydrogen-bond donors (Lipinski definition) is 3. The molecule has 1 atom stereocenters. The van der Waals surface area contributed by atoms with Crippen LogP contribution in [-0.2, 0) is 0 Å². The number of urea groups is 1. The zero-order valence-electron chi connectivity index (χ0n) is 10.3. The van der Waals surface area contributed by atoms with E-state index in [4.69, 9.17) is 10.4 Å². The van der Waals surface area contributed by atoms with Crippen LogP contribution in [0.25, 0.3) is 0 Å². The Balaban J connectivity index is 2.62. The molecule has 1 aromatic rings. The maximum absolute atomic E-state index is 11.7. The number of anilines is 1. The molecule has 5 heteroatoms. The van der Waals surface area contributed by atoms with Crippen LogP contribution < -0.4 is 10.6 Å². The highest BCUT2D eigenvalue weighted by Gasteiger charge is 2.11. The maximum Gasteiger partial charge on any atom is 0.319 e. The monoisotopic (exact) mass is 247 g/mol. The number of carbonyl (C=O) groups excluding carboxylic acids is 1. The Kier molecular flexibility index (Phi) is 5.68. The highest BCUT2D eigenvalue weighted by atomic mass is 16.3. The molecule has 1 unspecified atom stereocenters. The number of benzene rings is 1. The van der Waals surface area contributed by atoms with Gasteiger partial charge in [-0.15, -0.1) is 0 Å². The van der Waals surface area contributed by atoms with Crippen molar-refractivity contribution in [2.75, 3.05) is 11.9 Å². The fraction of sp³-hybridized carbons (Fsp3) is 0.385. The molecule has 0 aliphatic rings. The first-order valence-corrected chi connectivity index (χ1v) is 5.88. The summed E-state index contributed by atoms with van der Waals surface area (Å²) in [6.07, 6.45) is 1.26. The number of amides is 2. The van der Waals surface area contributed by atoms with E-state index < -0.39 is 0 Å². The lowest BCUT2D eigenvalue weighted by Gasteiger charge is -2.16. The molecule has 3 N–H and O–H groups in total. The summed E-state index contributed by atoms with van der Waals surface area (Å²) < 4.78 is 0. The number of aliphatic hydroxyl groups excluding tert-OH is 1. The molecular formula is C13H17N3O2. The van der Waals surface area contributed by atoms with Crippen molar-refractivity contribution >= 4 is 11.7 Å². The minimum atomic E-state index is -0.363. The molecule has 2 amide bonds. The van der Waals surface area contributed by atoms with Crippen LogP contribution in [0.4, 0.5) is 10.5 Å². The van der Waals surface area contributed by atoms with Crippen molar-refractivity contribution in [1.82, 2.24) is 5.32 Å². The summed E-state index contributed by atoms with van der Waals surface area (Å²) in [5.41, 5.74) is 0.902. The molecule has 0 saturated heterocycles. The summed E-state index contributed by atoms with van der Waals surface area (Å²) in [5.74, 6) is 0. The van der Waals surface area contributed by atoms with Gasteiger partial charge in [-0.25, -0.2) is 4.79 Å². The predicted octanol–water partition coefficient (Wildman–Crippen LogP) is 1.84. The maximum atomic E-state index is 11.7. The van der Waals surface area contributed by atoms with Gasteiger partial charge in [0, 0.05) is 12.6 Å². The first kappa shape index (κ1) is 14.0. The standard InChI is InChI=1S/C13H17N3O2/c1-2-11(7-8-17)15-13(18)16-12-6-4-3-5-10(12)9-14/h3-6,11,17H,2,7-8H2,1H3,(H2,15,16,18). The Bertz CT molecular complexity index is 440. The Labute approximate surface area is 106 Å². The number of hydrogen-bond acceptors (Lipinski definition) is 3. The van der Waals surface area contributed by atoms with E-state index in [0.29, 0.717) is 17.7 Å². The van der Waals surface area contributed by atoms with Gasteiger partial charge in [-0.3, -0.25) is 0 Å². The summed E-state index contributed by atoms with van der Waals surface area (Å²) in [6, 6.07) is 8.38. The lowest BCUT2D eigenvalue weighted by molar-refractivity contribution is 0.237. The van der Waals surface area contributed by atoms with Gasteiger partial charge in [0.25, 0.3) is 0 Å². The first-order chi connectivity index (χ1) is 8.71. The third kappa shape index (κ3) is 4.07. The van der Waals surface area contributed by atoms with Gasteiger partial charge in [0.1, 0.15) is 6.07 Å². The minimum absolute atomic E-state index is 0.0353. The van der Waals surface area contributed by atoms with E-state index in [1.165, 1.54) is 0 Å². The number of carbonyl (C=O) groups is 1. The number of nitriles is 1. The third-order valence-electron chi connectivity index (χ3n) is 2.60. The average Bonchev–Trinajstić information content (AvgIpc) is 2.38. The van der Waals surface area contributed by atoms with Crippen molar-refractivity contribution in [2.45, 2.75) is 25.8 Å². The molecule has 18 heavy (non-hydrogen) atoms. The first-order valence-electron chi connectivity index (χ1n) is 5.88. The predicted molar refractivity (Wildman–Crippen MR) is 69.1 cm³/mol. The Morgan fingerprint density at radius 3 is 2.83 bits per heavy atom. The van der Waals surface area contributed by atoms with Crippen LogP contribution in [0.5, 0.6) is 0 Å². The molecule has 5 nitrogen and oxygen atoms in total. The van der Waals surface area contributed by atoms with Crippen LogP contribution in [0.3, 0.4) is 0 Å². The van der Waals surface area contributed by atoms with E-state index in [9.17, 15) is 4.79 Å². The summed E-state index contributed by atoms with van der Waals surface area (Å²) in [6.45, 7) is 1.97. The minimum Gasteiger partial charge on any atom is -0.396 e. The molecule has 0 spiro atoms. The van der Waals surface area contributed by atoms with Crippen LogP contribution in [-0.4, -0.2) is 23.8 Å². The van der Waals surface area contributed by atoms with Gasteiger partial charge in [-0.2, -0.15) is 5.26 Å². The topological polar surface area (TPSA) is 85.2 Å². The fourth-order valence-corrected chi connectivity index (χ4v) is 1.57. The van der Waals surface area contributed by atoms with E-state index in [0.717, 1.165) is 6.42 Å². The summed E-state index contributed by atoms with van der Waals surface area (Å²) in [4.78, 5) is 11.7. The normalized spacial score (nSPS) is 11.4. The lowest BCUT2D eigenvalue weighted by Crippen LogP contribution is -2.38. The van der Waals surface area contributed by atoms with Crippen LogP contribution in [0.1, 0.15) is 25.3 Å². The van der Waals surface area contributed by atoms with Crippen molar-refractivity contribution in [3.05, 3.63) is 29.8 Å². The largest absolute Gasteiger partial charge is 0.396 e. The third-order valence-corrected chi connectivity index (χ3v) is 2.60. The van der Waals surface area contributed by atoms with Gasteiger partial charge >= 0.3 is 6.03 Å². The number of para-hydroxylation sites is 1. The van der Waals surface area contributed by atoms with Gasteiger partial charge in [0.15, 0.2) is 0 Å². The summed E-state index contributed by atoms with van der Waals surface area (Å²) in [7, 11) is 0. The smallest absolute Gasteiger partial charge is 0.319 e. The lowest BCUT2D eigenvalue weighted by atomic mass is 10.1. The summed E-state index contributed by atoms with van der Waals surface area (Å²) in [5, 5.41) is 23.1. The molecule has 0 bridgehead atoms. The molecule has 0 aliphatic heterocycles. The van der Waals surface area contributed by atoms with Crippen molar-refractivity contribution in [3.63, 3.8) is 0 Å². The number of nitrogens with zero attached hydrogens (tertiary/aromatic N) is 1. The molecule has 0 fully saturated rings. The molecular weight excluding hydrogens is 230 g/mol. The van der Waals surface area contributed by atoms with Crippen molar-refractivity contribution in [2.24, 2.45) is 0 Å². The number of nitrogens with one attached hydrogen (secondary N) is 2. The second-order valence-corrected chi connectivity index (χ2v) is 3.87. The molecule has 1 aromatic carbocycles. The molecule has 0 saturated carbocycles. The van der Waals surface area contributed by atoms with Crippen LogP contribution in [0.2, 0.25) is 0 Å². The highest BCUT2D eigenvalue weighted by molar-refractivity contribution is 5.90. The quantitative estimate of drug-likeness (QED) is 0.742. The van der Waals surface area contributed by atoms with Gasteiger partial charge in [-0.1, -0.05) is 19.1 Å². The molecule has 0 heterocycles. The zero-order chi connectivity index (χ0) is 13.4. The van der Waals surface area contributed by atoms with Crippen LogP contribution in [0, 0.1) is 11.3 Å². The summed E-state index contributed by atoms with van der Waals surface area (Å²) >= 11 is 0. The number of rotatable bonds is 5. The molecule has 0 aromatic heterocycles. The second kappa shape index (κ2) is 7.30. The van der Waals surface area contributed by atoms with Crippen LogP contribution in [0.15, 0.2) is 24.3 Å². The molecule has 0 radical (unpaired) electrons. The fourth-order valence-electron chi connectivity index (χ4n) is 1.57. The van der Waals surface area contributed by atoms with Gasteiger partial charge in [-0.05, 0) is 25.0 Å². The van der Waals surface area contributed by atoms with Crippen molar-refractivity contribution in [1.29, 1.82) is 5.26 Å². The van der Waals surface area contributed by atoms with E-state index in [2.05, 4.69) is 10.6 Å². The van der Waals surface area contributed by atoms with E-state index >= 15 is 0 Å². The molecule has 1 rings (SSSR count). The van der Waals surface area contributed by atoms with E-state index in [1.54, 1.807) is 24.3 Å². The highest BCUT2D eigenvalue weighted by Crippen LogP contribution is 2.13. The molecule has 0 aliphatic carbocycles. The van der Waals surface area contributed by atoms with Crippen LogP contribution >= 0.6 is 0 Å². The van der Waals surface area contributed by atoms with Crippen molar-refractivity contribution < 1.29 is 9.90 Å². The average molecular weight is 247 g/mol. The van der Waals surface area contributed by atoms with Gasteiger partial charge in [0.05, 0.1) is 11.3 Å². The Morgan fingerprint density at radius 2 is 2.22 bits per heavy atom. The second-order valence-electron chi connectivity index (χ2n) is 3.87. The Morgan fingerprint density at radius 1 is 1.50 bits per heavy atom. The SMILES string of the molecule is CCC(CCO)NC(=O)Nc1ccccc1C#N. The Hall–Kier alpha value is -2.06.